The Balaban J connectivity index is 1.54. The van der Waals surface area contributed by atoms with Crippen LogP contribution in [0.2, 0.25) is 0 Å². The predicted octanol–water partition coefficient (Wildman–Crippen LogP) is 2.40. The van der Waals surface area contributed by atoms with Crippen molar-refractivity contribution in [3.63, 3.8) is 0 Å². The number of rotatable bonds is 4. The molecule has 0 unspecified atom stereocenters. The van der Waals surface area contributed by atoms with Gasteiger partial charge in [-0.25, -0.2) is 8.42 Å². The average molecular weight is 362 g/mol. The molecule has 1 atom stereocenters. The standard InChI is InChI=1S/C16H21F3N2O2S/c1-12(6-13-2-4-20-14(7-13)16(17,18)19)8-21-5-3-15(9-21)10-24(22,23)11-15/h2,4,7,12H,3,5-6,8-11H2,1H3/t12-/m1/s1. The van der Waals surface area contributed by atoms with E-state index >= 15 is 0 Å². The fraction of sp³-hybridized carbons (Fsp3) is 0.688. The Hall–Kier alpha value is -1.15. The summed E-state index contributed by atoms with van der Waals surface area (Å²) in [6, 6.07) is 2.73. The van der Waals surface area contributed by atoms with Gasteiger partial charge in [-0.2, -0.15) is 13.2 Å². The molecular weight excluding hydrogens is 341 g/mol. The molecule has 1 aromatic heterocycles. The van der Waals surface area contributed by atoms with Gasteiger partial charge in [-0.1, -0.05) is 6.92 Å². The summed E-state index contributed by atoms with van der Waals surface area (Å²) in [6.45, 7) is 4.42. The van der Waals surface area contributed by atoms with Gasteiger partial charge in [0.05, 0.1) is 11.5 Å². The number of pyridine rings is 1. The third kappa shape index (κ3) is 3.91. The Morgan fingerprint density at radius 2 is 2.08 bits per heavy atom. The van der Waals surface area contributed by atoms with Crippen LogP contribution >= 0.6 is 0 Å². The highest BCUT2D eigenvalue weighted by molar-refractivity contribution is 7.92. The van der Waals surface area contributed by atoms with Crippen LogP contribution in [-0.2, 0) is 22.4 Å². The lowest BCUT2D eigenvalue weighted by Gasteiger charge is -2.37. The van der Waals surface area contributed by atoms with Gasteiger partial charge in [-0.15, -0.1) is 0 Å². The van der Waals surface area contributed by atoms with Crippen LogP contribution < -0.4 is 0 Å². The lowest BCUT2D eigenvalue weighted by molar-refractivity contribution is -0.141. The second kappa shape index (κ2) is 5.98. The topological polar surface area (TPSA) is 50.3 Å². The van der Waals surface area contributed by atoms with E-state index in [0.717, 1.165) is 32.1 Å². The van der Waals surface area contributed by atoms with E-state index in [4.69, 9.17) is 0 Å². The van der Waals surface area contributed by atoms with Crippen LogP contribution in [0.1, 0.15) is 24.6 Å². The van der Waals surface area contributed by atoms with Gasteiger partial charge in [0.25, 0.3) is 0 Å². The quantitative estimate of drug-likeness (QED) is 0.825. The molecule has 24 heavy (non-hydrogen) atoms. The van der Waals surface area contributed by atoms with Crippen molar-refractivity contribution < 1.29 is 21.6 Å². The molecule has 134 valence electrons. The number of sulfone groups is 1. The van der Waals surface area contributed by atoms with Crippen molar-refractivity contribution in [1.29, 1.82) is 0 Å². The summed E-state index contributed by atoms with van der Waals surface area (Å²) in [7, 11) is -2.83. The lowest BCUT2D eigenvalue weighted by Crippen LogP contribution is -2.50. The summed E-state index contributed by atoms with van der Waals surface area (Å²) in [5.41, 5.74) is -0.296. The Morgan fingerprint density at radius 3 is 2.71 bits per heavy atom. The van der Waals surface area contributed by atoms with E-state index in [9.17, 15) is 21.6 Å². The first kappa shape index (κ1) is 17.7. The van der Waals surface area contributed by atoms with Gasteiger partial charge >= 0.3 is 6.18 Å². The molecule has 0 bridgehead atoms. The van der Waals surface area contributed by atoms with Crippen molar-refractivity contribution in [2.24, 2.45) is 11.3 Å². The summed E-state index contributed by atoms with van der Waals surface area (Å²) in [4.78, 5) is 5.62. The molecule has 0 aromatic carbocycles. The number of alkyl halides is 3. The highest BCUT2D eigenvalue weighted by atomic mass is 32.2. The molecule has 0 radical (unpaired) electrons. The van der Waals surface area contributed by atoms with Gasteiger partial charge < -0.3 is 4.90 Å². The molecule has 4 nitrogen and oxygen atoms in total. The Bertz CT molecular complexity index is 706. The molecule has 0 N–H and O–H groups in total. The van der Waals surface area contributed by atoms with E-state index in [2.05, 4.69) is 9.88 Å². The van der Waals surface area contributed by atoms with Crippen molar-refractivity contribution in [3.8, 4) is 0 Å². The summed E-state index contributed by atoms with van der Waals surface area (Å²) < 4.78 is 60.9. The second-order valence-electron chi connectivity index (χ2n) is 7.37. The van der Waals surface area contributed by atoms with Crippen LogP contribution in [-0.4, -0.2) is 49.4 Å². The summed E-state index contributed by atoms with van der Waals surface area (Å²) in [5.74, 6) is 0.759. The summed E-state index contributed by atoms with van der Waals surface area (Å²) in [5, 5.41) is 0. The van der Waals surface area contributed by atoms with Crippen molar-refractivity contribution in [1.82, 2.24) is 9.88 Å². The number of likely N-dealkylation sites (tertiary alicyclic amines) is 1. The van der Waals surface area contributed by atoms with Gasteiger partial charge in [0.2, 0.25) is 0 Å². The van der Waals surface area contributed by atoms with Crippen molar-refractivity contribution in [2.45, 2.75) is 25.9 Å². The van der Waals surface area contributed by atoms with Crippen LogP contribution in [0.15, 0.2) is 18.3 Å². The first-order valence-electron chi connectivity index (χ1n) is 8.02. The van der Waals surface area contributed by atoms with Crippen molar-refractivity contribution in [2.75, 3.05) is 31.1 Å². The van der Waals surface area contributed by atoms with Crippen LogP contribution in [0.25, 0.3) is 0 Å². The molecule has 2 aliphatic heterocycles. The van der Waals surface area contributed by atoms with E-state index in [1.165, 1.54) is 6.20 Å². The SMILES string of the molecule is C[C@H](Cc1ccnc(C(F)(F)F)c1)CN1CCC2(C1)CS(=O)(=O)C2. The van der Waals surface area contributed by atoms with Crippen molar-refractivity contribution >= 4 is 9.84 Å². The molecule has 0 amide bonds. The minimum atomic E-state index is -4.42. The second-order valence-corrected chi connectivity index (χ2v) is 9.44. The van der Waals surface area contributed by atoms with E-state index < -0.39 is 21.7 Å². The third-order valence-corrected chi connectivity index (χ3v) is 6.94. The zero-order valence-corrected chi connectivity index (χ0v) is 14.3. The predicted molar refractivity (Wildman–Crippen MR) is 84.3 cm³/mol. The smallest absolute Gasteiger partial charge is 0.302 e. The molecule has 2 aliphatic rings. The number of nitrogens with zero attached hydrogens (tertiary/aromatic N) is 2. The molecule has 2 fully saturated rings. The minimum absolute atomic E-state index is 0.0708. The van der Waals surface area contributed by atoms with Crippen molar-refractivity contribution in [3.05, 3.63) is 29.6 Å². The normalized spacial score (nSPS) is 24.0. The zero-order chi connectivity index (χ0) is 17.6. The van der Waals surface area contributed by atoms with Gasteiger partial charge in [0, 0.05) is 24.7 Å². The minimum Gasteiger partial charge on any atom is -0.302 e. The van der Waals surface area contributed by atoms with Crippen LogP contribution in [0.5, 0.6) is 0 Å². The molecule has 1 spiro atoms. The first-order valence-corrected chi connectivity index (χ1v) is 9.84. The fourth-order valence-corrected chi connectivity index (χ4v) is 6.23. The van der Waals surface area contributed by atoms with Crippen LogP contribution in [0.4, 0.5) is 13.2 Å². The Morgan fingerprint density at radius 1 is 1.38 bits per heavy atom. The maximum absolute atomic E-state index is 12.7. The van der Waals surface area contributed by atoms with Gasteiger partial charge in [0.1, 0.15) is 5.69 Å². The third-order valence-electron chi connectivity index (χ3n) is 4.84. The summed E-state index contributed by atoms with van der Waals surface area (Å²) in [6.07, 6.45) is -1.77. The molecule has 8 heteroatoms. The first-order chi connectivity index (χ1) is 11.1. The van der Waals surface area contributed by atoms with Gasteiger partial charge in [0.15, 0.2) is 9.84 Å². The highest BCUT2D eigenvalue weighted by Gasteiger charge is 2.51. The molecule has 3 rings (SSSR count). The highest BCUT2D eigenvalue weighted by Crippen LogP contribution is 2.41. The number of hydrogen-bond donors (Lipinski definition) is 0. The number of halogens is 3. The number of hydrogen-bond acceptors (Lipinski definition) is 4. The molecule has 0 aliphatic carbocycles. The summed E-state index contributed by atoms with van der Waals surface area (Å²) >= 11 is 0. The average Bonchev–Trinajstić information content (AvgIpc) is 2.79. The molecular formula is C16H21F3N2O2S. The van der Waals surface area contributed by atoms with Gasteiger partial charge in [-0.05, 0) is 43.0 Å². The monoisotopic (exact) mass is 362 g/mol. The van der Waals surface area contributed by atoms with Crippen LogP contribution in [0, 0.1) is 11.3 Å². The molecule has 1 aromatic rings. The molecule has 0 saturated carbocycles. The lowest BCUT2D eigenvalue weighted by atomic mass is 9.91. The van der Waals surface area contributed by atoms with E-state index in [1.807, 2.05) is 6.92 Å². The Labute approximate surface area is 140 Å². The largest absolute Gasteiger partial charge is 0.433 e. The van der Waals surface area contributed by atoms with E-state index in [-0.39, 0.29) is 22.8 Å². The number of aromatic nitrogens is 1. The van der Waals surface area contributed by atoms with E-state index in [1.54, 1.807) is 6.07 Å². The maximum Gasteiger partial charge on any atom is 0.433 e. The maximum atomic E-state index is 12.7. The Kier molecular flexibility index (Phi) is 4.40. The molecule has 2 saturated heterocycles. The molecule has 3 heterocycles. The fourth-order valence-electron chi connectivity index (χ4n) is 3.97. The van der Waals surface area contributed by atoms with Crippen LogP contribution in [0.3, 0.4) is 0 Å². The zero-order valence-electron chi connectivity index (χ0n) is 13.5. The van der Waals surface area contributed by atoms with Gasteiger partial charge in [-0.3, -0.25) is 4.98 Å². The van der Waals surface area contributed by atoms with E-state index in [0.29, 0.717) is 12.0 Å².